The molecule has 0 fully saturated rings. The van der Waals surface area contributed by atoms with Crippen molar-refractivity contribution in [1.29, 1.82) is 0 Å². The lowest BCUT2D eigenvalue weighted by Crippen LogP contribution is -2.31. The van der Waals surface area contributed by atoms with Gasteiger partial charge in [-0.3, -0.25) is 9.79 Å². The van der Waals surface area contributed by atoms with Crippen LogP contribution in [0.4, 0.5) is 0 Å². The van der Waals surface area contributed by atoms with Gasteiger partial charge in [0.25, 0.3) is 0 Å². The Kier molecular flexibility index (Phi) is 9.12. The second kappa shape index (κ2) is 10.5. The number of aliphatic imine (C=N–C) groups is 1. The van der Waals surface area contributed by atoms with E-state index in [-0.39, 0.29) is 35.8 Å². The minimum atomic E-state index is -0.0361. The third kappa shape index (κ3) is 6.31. The fourth-order valence-corrected chi connectivity index (χ4v) is 2.45. The molecule has 0 radical (unpaired) electrons. The summed E-state index contributed by atoms with van der Waals surface area (Å²) in [6.45, 7) is 3.26. The van der Waals surface area contributed by atoms with E-state index in [1.165, 1.54) is 11.8 Å². The third-order valence-corrected chi connectivity index (χ3v) is 4.00. The molecule has 6 nitrogen and oxygen atoms in total. The Morgan fingerprint density at radius 2 is 2.17 bits per heavy atom. The van der Waals surface area contributed by atoms with Crippen LogP contribution in [0.5, 0.6) is 5.75 Å². The average Bonchev–Trinajstić information content (AvgIpc) is 2.55. The van der Waals surface area contributed by atoms with Crippen LogP contribution in [0.25, 0.3) is 0 Å². The predicted octanol–water partition coefficient (Wildman–Crippen LogP) is 2.61. The molecule has 8 heteroatoms. The smallest absolute Gasteiger partial charge is 0.240 e. The molecule has 24 heavy (non-hydrogen) atoms. The predicted molar refractivity (Wildman–Crippen MR) is 110 cm³/mol. The standard InChI is InChI=1S/C16H22N4O2S.HI/c1-11-10-14(21)19-20-15(11)12-4-6-13(7-5-12)22-9-3-8-18-16(17)23-2;/h4-7,11H,3,8-10H2,1-2H3,(H2,17,18)(H,19,21);1H. The molecule has 1 amide bonds. The monoisotopic (exact) mass is 462 g/mol. The van der Waals surface area contributed by atoms with E-state index >= 15 is 0 Å². The van der Waals surface area contributed by atoms with Gasteiger partial charge < -0.3 is 10.5 Å². The molecule has 1 aromatic rings. The van der Waals surface area contributed by atoms with Crippen molar-refractivity contribution in [1.82, 2.24) is 5.43 Å². The van der Waals surface area contributed by atoms with Gasteiger partial charge in [-0.25, -0.2) is 5.43 Å². The summed E-state index contributed by atoms with van der Waals surface area (Å²) < 4.78 is 5.68. The number of amidine groups is 1. The van der Waals surface area contributed by atoms with Gasteiger partial charge in [0.15, 0.2) is 5.17 Å². The van der Waals surface area contributed by atoms with Crippen molar-refractivity contribution in [2.24, 2.45) is 21.7 Å². The number of nitrogens with one attached hydrogen (secondary N) is 1. The molecular formula is C16H23IN4O2S. The van der Waals surface area contributed by atoms with Crippen LogP contribution in [0.1, 0.15) is 25.3 Å². The van der Waals surface area contributed by atoms with Gasteiger partial charge in [0.1, 0.15) is 5.75 Å². The molecule has 1 unspecified atom stereocenters. The fraction of sp³-hybridized carbons (Fsp3) is 0.438. The molecular weight excluding hydrogens is 439 g/mol. The number of amides is 1. The SMILES string of the molecule is CSC(N)=NCCCOc1ccc(C2=NNC(=O)CC2C)cc1.I. The van der Waals surface area contributed by atoms with Crippen molar-refractivity contribution >= 4 is 52.5 Å². The van der Waals surface area contributed by atoms with E-state index in [1.807, 2.05) is 37.4 Å². The summed E-state index contributed by atoms with van der Waals surface area (Å²) in [6.07, 6.45) is 3.19. The normalized spacial score (nSPS) is 17.6. The third-order valence-electron chi connectivity index (χ3n) is 3.46. The number of hydrazone groups is 1. The van der Waals surface area contributed by atoms with Crippen LogP contribution in [-0.4, -0.2) is 36.2 Å². The van der Waals surface area contributed by atoms with E-state index in [0.29, 0.717) is 24.7 Å². The molecule has 132 valence electrons. The number of halogens is 1. The lowest BCUT2D eigenvalue weighted by atomic mass is 9.94. The van der Waals surface area contributed by atoms with Gasteiger partial charge in [-0.15, -0.1) is 24.0 Å². The summed E-state index contributed by atoms with van der Waals surface area (Å²) in [7, 11) is 0. The van der Waals surface area contributed by atoms with E-state index in [0.717, 1.165) is 23.4 Å². The van der Waals surface area contributed by atoms with Crippen molar-refractivity contribution < 1.29 is 9.53 Å². The number of nitrogens with zero attached hydrogens (tertiary/aromatic N) is 2. The van der Waals surface area contributed by atoms with E-state index in [2.05, 4.69) is 15.5 Å². The molecule has 0 aromatic heterocycles. The Hall–Kier alpha value is -1.29. The van der Waals surface area contributed by atoms with Crippen molar-refractivity contribution in [2.75, 3.05) is 19.4 Å². The van der Waals surface area contributed by atoms with Crippen molar-refractivity contribution in [3.05, 3.63) is 29.8 Å². The summed E-state index contributed by atoms with van der Waals surface area (Å²) in [4.78, 5) is 15.5. The molecule has 1 aliphatic rings. The maximum atomic E-state index is 11.3. The largest absolute Gasteiger partial charge is 0.494 e. The highest BCUT2D eigenvalue weighted by Gasteiger charge is 2.21. The first-order chi connectivity index (χ1) is 11.1. The fourth-order valence-electron chi connectivity index (χ4n) is 2.23. The molecule has 0 aliphatic carbocycles. The highest BCUT2D eigenvalue weighted by molar-refractivity contribution is 14.0. The first-order valence-corrected chi connectivity index (χ1v) is 8.76. The van der Waals surface area contributed by atoms with E-state index in [1.54, 1.807) is 0 Å². The van der Waals surface area contributed by atoms with Gasteiger partial charge in [-0.2, -0.15) is 5.10 Å². The van der Waals surface area contributed by atoms with Gasteiger partial charge >= 0.3 is 0 Å². The number of benzene rings is 1. The Bertz CT molecular complexity index is 605. The zero-order valence-corrected chi connectivity index (χ0v) is 17.0. The van der Waals surface area contributed by atoms with Crippen molar-refractivity contribution in [3.63, 3.8) is 0 Å². The lowest BCUT2D eigenvalue weighted by Gasteiger charge is -2.19. The maximum absolute atomic E-state index is 11.3. The molecule has 1 atom stereocenters. The van der Waals surface area contributed by atoms with Crippen LogP contribution >= 0.6 is 35.7 Å². The summed E-state index contributed by atoms with van der Waals surface area (Å²) in [5.74, 6) is 0.893. The molecule has 1 aromatic carbocycles. The highest BCUT2D eigenvalue weighted by Crippen LogP contribution is 2.19. The van der Waals surface area contributed by atoms with E-state index in [4.69, 9.17) is 10.5 Å². The highest BCUT2D eigenvalue weighted by atomic mass is 127. The zero-order valence-electron chi connectivity index (χ0n) is 13.8. The van der Waals surface area contributed by atoms with Crippen LogP contribution in [0.15, 0.2) is 34.4 Å². The summed E-state index contributed by atoms with van der Waals surface area (Å²) >= 11 is 1.44. The first-order valence-electron chi connectivity index (χ1n) is 7.53. The van der Waals surface area contributed by atoms with Gasteiger partial charge in [-0.05, 0) is 36.1 Å². The Morgan fingerprint density at radius 3 is 2.79 bits per heavy atom. The number of thioether (sulfide) groups is 1. The number of rotatable bonds is 6. The molecule has 1 aliphatic heterocycles. The Balaban J connectivity index is 0.00000288. The van der Waals surface area contributed by atoms with Gasteiger partial charge in [-0.1, -0.05) is 18.7 Å². The van der Waals surface area contributed by atoms with Gasteiger partial charge in [0.2, 0.25) is 5.91 Å². The molecule has 0 saturated carbocycles. The van der Waals surface area contributed by atoms with Crippen molar-refractivity contribution in [3.8, 4) is 5.75 Å². The van der Waals surface area contributed by atoms with E-state index < -0.39 is 0 Å². The number of carbonyl (C=O) groups excluding carboxylic acids is 1. The molecule has 0 bridgehead atoms. The molecule has 3 N–H and O–H groups in total. The number of hydrogen-bond acceptors (Lipinski definition) is 5. The Labute approximate surface area is 163 Å². The minimum absolute atomic E-state index is 0. The second-order valence-corrected chi connectivity index (χ2v) is 6.11. The summed E-state index contributed by atoms with van der Waals surface area (Å²) in [5.41, 5.74) is 10.0. The maximum Gasteiger partial charge on any atom is 0.240 e. The van der Waals surface area contributed by atoms with Crippen LogP contribution in [0.2, 0.25) is 0 Å². The summed E-state index contributed by atoms with van der Waals surface area (Å²) in [5, 5.41) is 4.75. The first kappa shape index (κ1) is 20.8. The van der Waals surface area contributed by atoms with Gasteiger partial charge in [0, 0.05) is 25.3 Å². The number of carbonyl (C=O) groups is 1. The lowest BCUT2D eigenvalue weighted by molar-refractivity contribution is -0.121. The topological polar surface area (TPSA) is 89.1 Å². The van der Waals surface area contributed by atoms with Gasteiger partial charge in [0.05, 0.1) is 12.3 Å². The number of ether oxygens (including phenoxy) is 1. The zero-order chi connectivity index (χ0) is 16.7. The number of hydrogen-bond donors (Lipinski definition) is 2. The van der Waals surface area contributed by atoms with E-state index in [9.17, 15) is 4.79 Å². The molecule has 0 spiro atoms. The van der Waals surface area contributed by atoms with Crippen LogP contribution in [-0.2, 0) is 4.79 Å². The molecule has 1 heterocycles. The quantitative estimate of drug-likeness (QED) is 0.295. The Morgan fingerprint density at radius 1 is 1.46 bits per heavy atom. The van der Waals surface area contributed by atoms with Crippen LogP contribution < -0.4 is 15.9 Å². The molecule has 2 rings (SSSR count). The van der Waals surface area contributed by atoms with Crippen molar-refractivity contribution in [2.45, 2.75) is 19.8 Å². The number of nitrogens with two attached hydrogens (primary N) is 1. The summed E-state index contributed by atoms with van der Waals surface area (Å²) in [6, 6.07) is 7.76. The second-order valence-electron chi connectivity index (χ2n) is 5.29. The van der Waals surface area contributed by atoms with Crippen LogP contribution in [0, 0.1) is 5.92 Å². The minimum Gasteiger partial charge on any atom is -0.494 e. The average molecular weight is 462 g/mol. The van der Waals surface area contributed by atoms with Crippen LogP contribution in [0.3, 0.4) is 0 Å². The molecule has 0 saturated heterocycles.